The van der Waals surface area contributed by atoms with Crippen molar-refractivity contribution in [3.05, 3.63) is 36.9 Å². The van der Waals surface area contributed by atoms with E-state index in [2.05, 4.69) is 20.3 Å². The molecule has 170 valence electrons. The predicted molar refractivity (Wildman–Crippen MR) is 118 cm³/mol. The molecule has 0 amide bonds. The summed E-state index contributed by atoms with van der Waals surface area (Å²) in [5, 5.41) is 24.7. The third-order valence-electron chi connectivity index (χ3n) is 5.71. The maximum Gasteiger partial charge on any atom is 0.167 e. The smallest absolute Gasteiger partial charge is 0.167 e. The molecular weight excluding hydrogens is 434 g/mol. The maximum atomic E-state index is 10.7. The van der Waals surface area contributed by atoms with Crippen LogP contribution in [0.1, 0.15) is 12.6 Å². The van der Waals surface area contributed by atoms with E-state index >= 15 is 0 Å². The Morgan fingerprint density at radius 2 is 2.09 bits per heavy atom. The molecule has 32 heavy (non-hydrogen) atoms. The predicted octanol–water partition coefficient (Wildman–Crippen LogP) is 1.45. The number of hydrogen-bond donors (Lipinski definition) is 3. The number of aromatic nitrogens is 4. The first-order valence-corrected chi connectivity index (χ1v) is 11.4. The highest BCUT2D eigenvalue weighted by Crippen LogP contribution is 2.36. The Labute approximate surface area is 188 Å². The maximum absolute atomic E-state index is 10.7. The first-order chi connectivity index (χ1) is 15.7. The Kier molecular flexibility index (Phi) is 6.15. The van der Waals surface area contributed by atoms with Gasteiger partial charge < -0.3 is 29.7 Å². The molecule has 5 atom stereocenters. The van der Waals surface area contributed by atoms with Crippen LogP contribution in [0, 0.1) is 0 Å². The van der Waals surface area contributed by atoms with Gasteiger partial charge in [0.15, 0.2) is 23.2 Å². The van der Waals surface area contributed by atoms with Crippen LogP contribution in [0.15, 0.2) is 41.8 Å². The largest absolute Gasteiger partial charge is 0.496 e. The van der Waals surface area contributed by atoms with Gasteiger partial charge in [-0.15, -0.1) is 11.8 Å². The standard InChI is InChI=1S/C21H25N5O5S/c1-29-13-4-2-3-5-15(13)32-9-14-17(27)18(28)21(31-14)26-11-24-16-19(22-10-23-20(16)26)25-12-6-7-30-8-12/h2-5,10-12,14,17-18,21,27-28H,6-9H2,1H3,(H,22,23,25)/t12-,14-,17-,18-,21?/m1/s1. The lowest BCUT2D eigenvalue weighted by molar-refractivity contribution is -0.0289. The lowest BCUT2D eigenvalue weighted by Gasteiger charge is -2.17. The average molecular weight is 460 g/mol. The van der Waals surface area contributed by atoms with E-state index in [9.17, 15) is 10.2 Å². The van der Waals surface area contributed by atoms with Gasteiger partial charge in [-0.1, -0.05) is 12.1 Å². The molecule has 2 aliphatic heterocycles. The molecule has 1 aromatic carbocycles. The van der Waals surface area contributed by atoms with E-state index < -0.39 is 24.5 Å². The fraction of sp³-hybridized carbons (Fsp3) is 0.476. The van der Waals surface area contributed by atoms with E-state index in [0.29, 0.717) is 35.9 Å². The minimum Gasteiger partial charge on any atom is -0.496 e. The number of imidazole rings is 1. The number of anilines is 1. The number of thioether (sulfide) groups is 1. The topological polar surface area (TPSA) is 124 Å². The number of hydrogen-bond acceptors (Lipinski definition) is 10. The Morgan fingerprint density at radius 1 is 1.22 bits per heavy atom. The van der Waals surface area contributed by atoms with Crippen molar-refractivity contribution in [1.29, 1.82) is 0 Å². The summed E-state index contributed by atoms with van der Waals surface area (Å²) in [5.74, 6) is 1.82. The van der Waals surface area contributed by atoms with Gasteiger partial charge >= 0.3 is 0 Å². The molecule has 4 heterocycles. The normalized spacial score (nSPS) is 27.8. The molecule has 11 heteroatoms. The summed E-state index contributed by atoms with van der Waals surface area (Å²) >= 11 is 1.50. The Morgan fingerprint density at radius 3 is 2.91 bits per heavy atom. The highest BCUT2D eigenvalue weighted by atomic mass is 32.2. The highest BCUT2D eigenvalue weighted by molar-refractivity contribution is 7.99. The number of para-hydroxylation sites is 1. The fourth-order valence-electron chi connectivity index (χ4n) is 3.99. The third-order valence-corrected chi connectivity index (χ3v) is 6.86. The molecule has 0 spiro atoms. The van der Waals surface area contributed by atoms with E-state index in [1.165, 1.54) is 18.1 Å². The summed E-state index contributed by atoms with van der Waals surface area (Å²) in [6, 6.07) is 7.83. The number of benzene rings is 1. The molecule has 3 N–H and O–H groups in total. The van der Waals surface area contributed by atoms with E-state index in [1.807, 2.05) is 24.3 Å². The molecule has 0 radical (unpaired) electrons. The van der Waals surface area contributed by atoms with Crippen molar-refractivity contribution in [2.75, 3.05) is 31.4 Å². The number of fused-ring (bicyclic) bond motifs is 1. The van der Waals surface area contributed by atoms with Crippen LogP contribution in [-0.4, -0.2) is 80.2 Å². The lowest BCUT2D eigenvalue weighted by Crippen LogP contribution is -2.32. The molecule has 0 saturated carbocycles. The van der Waals surface area contributed by atoms with Crippen LogP contribution in [0.3, 0.4) is 0 Å². The van der Waals surface area contributed by atoms with Crippen molar-refractivity contribution in [2.24, 2.45) is 0 Å². The van der Waals surface area contributed by atoms with E-state index in [4.69, 9.17) is 14.2 Å². The zero-order valence-electron chi connectivity index (χ0n) is 17.5. The number of nitrogens with one attached hydrogen (secondary N) is 1. The fourth-order valence-corrected chi connectivity index (χ4v) is 5.08. The van der Waals surface area contributed by atoms with Crippen molar-refractivity contribution in [3.63, 3.8) is 0 Å². The van der Waals surface area contributed by atoms with Crippen molar-refractivity contribution < 1.29 is 24.4 Å². The van der Waals surface area contributed by atoms with Gasteiger partial charge in [-0.3, -0.25) is 4.57 Å². The molecule has 2 fully saturated rings. The summed E-state index contributed by atoms with van der Waals surface area (Å²) < 4.78 is 18.5. The Hall–Kier alpha value is -2.44. The molecule has 0 bridgehead atoms. The second-order valence-corrected chi connectivity index (χ2v) is 8.82. The molecule has 10 nitrogen and oxygen atoms in total. The zero-order valence-corrected chi connectivity index (χ0v) is 18.3. The summed E-state index contributed by atoms with van der Waals surface area (Å²) in [7, 11) is 1.62. The van der Waals surface area contributed by atoms with Gasteiger partial charge in [0, 0.05) is 17.3 Å². The van der Waals surface area contributed by atoms with Crippen molar-refractivity contribution >= 4 is 28.7 Å². The van der Waals surface area contributed by atoms with Crippen LogP contribution in [0.5, 0.6) is 5.75 Å². The van der Waals surface area contributed by atoms with Crippen LogP contribution >= 0.6 is 11.8 Å². The van der Waals surface area contributed by atoms with Crippen LogP contribution in [-0.2, 0) is 9.47 Å². The zero-order chi connectivity index (χ0) is 22.1. The van der Waals surface area contributed by atoms with E-state index in [0.717, 1.165) is 17.1 Å². The van der Waals surface area contributed by atoms with Gasteiger partial charge in [-0.2, -0.15) is 0 Å². The average Bonchev–Trinajstić information content (AvgIpc) is 3.54. The van der Waals surface area contributed by atoms with E-state index in [-0.39, 0.29) is 6.04 Å². The van der Waals surface area contributed by atoms with Crippen molar-refractivity contribution in [3.8, 4) is 5.75 Å². The summed E-state index contributed by atoms with van der Waals surface area (Å²) in [5.41, 5.74) is 1.10. The van der Waals surface area contributed by atoms with E-state index in [1.54, 1.807) is 18.0 Å². The second-order valence-electron chi connectivity index (χ2n) is 7.76. The SMILES string of the molecule is COc1ccccc1SC[C@H]1OC(n2cnc3c(N[C@@H]4CCOC4)ncnc32)[C@H](O)[C@@H]1O. The first-order valence-electron chi connectivity index (χ1n) is 10.4. The van der Waals surface area contributed by atoms with Crippen molar-refractivity contribution in [1.82, 2.24) is 19.5 Å². The van der Waals surface area contributed by atoms with Gasteiger partial charge in [0.1, 0.15) is 24.3 Å². The minimum atomic E-state index is -1.12. The number of nitrogens with zero attached hydrogens (tertiary/aromatic N) is 4. The summed E-state index contributed by atoms with van der Waals surface area (Å²) in [6.07, 6.45) is 0.361. The Balaban J connectivity index is 1.33. The van der Waals surface area contributed by atoms with Gasteiger partial charge in [-0.25, -0.2) is 15.0 Å². The number of methoxy groups -OCH3 is 1. The van der Waals surface area contributed by atoms with Crippen LogP contribution < -0.4 is 10.1 Å². The molecule has 2 aliphatic rings. The minimum absolute atomic E-state index is 0.171. The molecule has 0 aliphatic carbocycles. The lowest BCUT2D eigenvalue weighted by atomic mass is 10.1. The second kappa shape index (κ2) is 9.20. The van der Waals surface area contributed by atoms with Gasteiger partial charge in [0.25, 0.3) is 0 Å². The first kappa shape index (κ1) is 21.4. The molecule has 5 rings (SSSR count). The third kappa shape index (κ3) is 4.02. The quantitative estimate of drug-likeness (QED) is 0.447. The molecule has 3 aromatic rings. The molecule has 2 aromatic heterocycles. The highest BCUT2D eigenvalue weighted by Gasteiger charge is 2.44. The number of ether oxygens (including phenoxy) is 3. The van der Waals surface area contributed by atoms with Crippen LogP contribution in [0.4, 0.5) is 5.82 Å². The number of aliphatic hydroxyl groups is 2. The van der Waals surface area contributed by atoms with Crippen molar-refractivity contribution in [2.45, 2.75) is 41.9 Å². The summed E-state index contributed by atoms with van der Waals surface area (Å²) in [6.45, 7) is 1.34. The molecule has 2 saturated heterocycles. The van der Waals surface area contributed by atoms with Gasteiger partial charge in [0.05, 0.1) is 32.2 Å². The number of rotatable bonds is 7. The van der Waals surface area contributed by atoms with Crippen LogP contribution in [0.25, 0.3) is 11.2 Å². The summed E-state index contributed by atoms with van der Waals surface area (Å²) in [4.78, 5) is 14.0. The number of aliphatic hydroxyl groups excluding tert-OH is 2. The molecular formula is C21H25N5O5S. The Bertz CT molecular complexity index is 1080. The van der Waals surface area contributed by atoms with Gasteiger partial charge in [0.2, 0.25) is 0 Å². The molecule has 1 unspecified atom stereocenters. The van der Waals surface area contributed by atoms with Crippen LogP contribution in [0.2, 0.25) is 0 Å². The van der Waals surface area contributed by atoms with Gasteiger partial charge in [-0.05, 0) is 18.6 Å². The monoisotopic (exact) mass is 459 g/mol.